The van der Waals surface area contributed by atoms with Gasteiger partial charge in [-0.25, -0.2) is 0 Å². The number of hydrogen-bond acceptors (Lipinski definition) is 10. The molecule has 1 aliphatic rings. The van der Waals surface area contributed by atoms with Crippen LogP contribution in [0.2, 0.25) is 0 Å². The molecule has 2 aromatic carbocycles. The lowest BCUT2D eigenvalue weighted by Crippen LogP contribution is -2.60. The quantitative estimate of drug-likeness (QED) is 0.388. The Bertz CT molecular complexity index is 990. The average molecular weight is 478 g/mol. The Balaban J connectivity index is 1.98. The molecule has 4 N–H and O–H groups in total. The van der Waals surface area contributed by atoms with Gasteiger partial charge >= 0.3 is 0 Å². The molecule has 0 amide bonds. The van der Waals surface area contributed by atoms with Crippen molar-refractivity contribution in [2.45, 2.75) is 30.7 Å². The minimum atomic E-state index is -1.58. The number of rotatable bonds is 9. The summed E-state index contributed by atoms with van der Waals surface area (Å²) in [7, 11) is 6.05. The monoisotopic (exact) mass is 478 g/mol. The minimum Gasteiger partial charge on any atom is -0.497 e. The summed E-state index contributed by atoms with van der Waals surface area (Å²) in [5.41, 5.74) is 1.32. The van der Waals surface area contributed by atoms with E-state index in [-0.39, 0.29) is 11.5 Å². The smallest absolute Gasteiger partial charge is 0.229 e. The highest BCUT2D eigenvalue weighted by Crippen LogP contribution is 2.39. The molecule has 0 aromatic heterocycles. The van der Waals surface area contributed by atoms with Crippen molar-refractivity contribution in [1.82, 2.24) is 0 Å². The van der Waals surface area contributed by atoms with Gasteiger partial charge in [0.05, 0.1) is 35.0 Å². The lowest BCUT2D eigenvalue weighted by molar-refractivity contribution is -0.277. The first kappa shape index (κ1) is 25.6. The number of aliphatic hydroxyl groups is 4. The first-order valence-corrected chi connectivity index (χ1v) is 10.5. The standard InChI is InChI=1S/C24H30O10/c1-29-15-10-14(7-5-13-6-8-16(30-2)17(9-13)31-3)23(18(11-15)32-4)34-24-22(28)21(27)20(26)19(12-25)33-24/h5-11,19-22,24-28H,12H2,1-4H3/b7-5+/t19-,20-,21+,22-,24-/m1/s1. The fourth-order valence-electron chi connectivity index (χ4n) is 3.54. The molecule has 186 valence electrons. The van der Waals surface area contributed by atoms with Gasteiger partial charge in [-0.05, 0) is 23.8 Å². The molecule has 2 aromatic rings. The second kappa shape index (κ2) is 11.4. The minimum absolute atomic E-state index is 0.198. The van der Waals surface area contributed by atoms with Crippen LogP contribution < -0.4 is 23.7 Å². The van der Waals surface area contributed by atoms with Crippen molar-refractivity contribution >= 4 is 12.2 Å². The van der Waals surface area contributed by atoms with Crippen LogP contribution in [0, 0.1) is 0 Å². The van der Waals surface area contributed by atoms with Crippen molar-refractivity contribution in [2.24, 2.45) is 0 Å². The van der Waals surface area contributed by atoms with Crippen LogP contribution in [0.1, 0.15) is 11.1 Å². The maximum atomic E-state index is 10.4. The first-order chi connectivity index (χ1) is 16.4. The van der Waals surface area contributed by atoms with E-state index in [0.717, 1.165) is 5.56 Å². The normalized spacial score (nSPS) is 24.6. The predicted molar refractivity (Wildman–Crippen MR) is 122 cm³/mol. The fourth-order valence-corrected chi connectivity index (χ4v) is 3.54. The summed E-state index contributed by atoms with van der Waals surface area (Å²) in [5, 5.41) is 40.0. The number of hydrogen-bond donors (Lipinski definition) is 4. The van der Waals surface area contributed by atoms with Crippen molar-refractivity contribution in [3.63, 3.8) is 0 Å². The van der Waals surface area contributed by atoms with Gasteiger partial charge in [-0.2, -0.15) is 0 Å². The number of ether oxygens (including phenoxy) is 6. The van der Waals surface area contributed by atoms with E-state index in [9.17, 15) is 20.4 Å². The lowest BCUT2D eigenvalue weighted by atomic mass is 9.99. The van der Waals surface area contributed by atoms with E-state index in [1.54, 1.807) is 50.6 Å². The van der Waals surface area contributed by atoms with Gasteiger partial charge in [0.15, 0.2) is 23.0 Å². The van der Waals surface area contributed by atoms with E-state index >= 15 is 0 Å². The second-order valence-electron chi connectivity index (χ2n) is 7.51. The molecule has 1 saturated heterocycles. The zero-order chi connectivity index (χ0) is 24.8. The second-order valence-corrected chi connectivity index (χ2v) is 7.51. The van der Waals surface area contributed by atoms with E-state index in [4.69, 9.17) is 28.4 Å². The Hall–Kier alpha value is -3.02. The fraction of sp³-hybridized carbons (Fsp3) is 0.417. The molecular weight excluding hydrogens is 448 g/mol. The van der Waals surface area contributed by atoms with Crippen LogP contribution in [0.5, 0.6) is 28.7 Å². The number of methoxy groups -OCH3 is 4. The summed E-state index contributed by atoms with van der Waals surface area (Å²) in [6.07, 6.45) is -3.60. The first-order valence-electron chi connectivity index (χ1n) is 10.5. The molecule has 1 aliphatic heterocycles. The van der Waals surface area contributed by atoms with Crippen LogP contribution in [0.25, 0.3) is 12.2 Å². The van der Waals surface area contributed by atoms with E-state index in [1.165, 1.54) is 14.2 Å². The highest BCUT2D eigenvalue weighted by Gasteiger charge is 2.45. The third-order valence-electron chi connectivity index (χ3n) is 5.46. The van der Waals surface area contributed by atoms with Gasteiger partial charge in [0, 0.05) is 11.6 Å². The highest BCUT2D eigenvalue weighted by molar-refractivity contribution is 5.76. The maximum Gasteiger partial charge on any atom is 0.229 e. The van der Waals surface area contributed by atoms with Crippen molar-refractivity contribution in [3.05, 3.63) is 41.5 Å². The molecule has 0 bridgehead atoms. The van der Waals surface area contributed by atoms with Gasteiger partial charge in [0.1, 0.15) is 30.2 Å². The van der Waals surface area contributed by atoms with Crippen molar-refractivity contribution in [2.75, 3.05) is 35.0 Å². The molecule has 0 radical (unpaired) electrons. The molecule has 5 atom stereocenters. The molecule has 0 spiro atoms. The molecule has 10 heteroatoms. The predicted octanol–water partition coefficient (Wildman–Crippen LogP) is 1.07. The van der Waals surface area contributed by atoms with Crippen LogP contribution in [0.4, 0.5) is 0 Å². The zero-order valence-corrected chi connectivity index (χ0v) is 19.4. The Labute approximate surface area is 197 Å². The highest BCUT2D eigenvalue weighted by atomic mass is 16.7. The van der Waals surface area contributed by atoms with E-state index in [1.807, 2.05) is 6.07 Å². The Morgan fingerprint density at radius 1 is 0.794 bits per heavy atom. The van der Waals surface area contributed by atoms with Crippen molar-refractivity contribution in [3.8, 4) is 28.7 Å². The zero-order valence-electron chi connectivity index (χ0n) is 19.4. The van der Waals surface area contributed by atoms with Gasteiger partial charge in [-0.3, -0.25) is 0 Å². The van der Waals surface area contributed by atoms with Gasteiger partial charge < -0.3 is 48.8 Å². The largest absolute Gasteiger partial charge is 0.497 e. The molecule has 34 heavy (non-hydrogen) atoms. The van der Waals surface area contributed by atoms with E-state index in [0.29, 0.717) is 22.8 Å². The third-order valence-corrected chi connectivity index (χ3v) is 5.46. The topological polar surface area (TPSA) is 136 Å². The summed E-state index contributed by atoms with van der Waals surface area (Å²) in [4.78, 5) is 0. The molecule has 3 rings (SSSR count). The summed E-state index contributed by atoms with van der Waals surface area (Å²) in [5.74, 6) is 2.12. The molecular formula is C24H30O10. The van der Waals surface area contributed by atoms with Gasteiger partial charge in [0.2, 0.25) is 6.29 Å². The molecule has 10 nitrogen and oxygen atoms in total. The molecule has 0 saturated carbocycles. The number of benzene rings is 2. The maximum absolute atomic E-state index is 10.4. The summed E-state index contributed by atoms with van der Waals surface area (Å²) < 4.78 is 32.8. The van der Waals surface area contributed by atoms with Crippen LogP contribution in [0.15, 0.2) is 30.3 Å². The van der Waals surface area contributed by atoms with Crippen LogP contribution in [0.3, 0.4) is 0 Å². The molecule has 0 unspecified atom stereocenters. The Kier molecular flexibility index (Phi) is 8.59. The van der Waals surface area contributed by atoms with Crippen molar-refractivity contribution in [1.29, 1.82) is 0 Å². The van der Waals surface area contributed by atoms with Gasteiger partial charge in [-0.15, -0.1) is 0 Å². The molecule has 1 heterocycles. The van der Waals surface area contributed by atoms with Crippen molar-refractivity contribution < 1.29 is 48.8 Å². The van der Waals surface area contributed by atoms with Gasteiger partial charge in [-0.1, -0.05) is 18.2 Å². The summed E-state index contributed by atoms with van der Waals surface area (Å²) >= 11 is 0. The van der Waals surface area contributed by atoms with Crippen LogP contribution >= 0.6 is 0 Å². The van der Waals surface area contributed by atoms with Gasteiger partial charge in [0.25, 0.3) is 0 Å². The summed E-state index contributed by atoms with van der Waals surface area (Å²) in [6.45, 7) is -0.573. The van der Waals surface area contributed by atoms with E-state index < -0.39 is 37.3 Å². The Morgan fingerprint density at radius 3 is 2.12 bits per heavy atom. The van der Waals surface area contributed by atoms with Crippen LogP contribution in [-0.2, 0) is 4.74 Å². The summed E-state index contributed by atoms with van der Waals surface area (Å²) in [6, 6.07) is 8.69. The Morgan fingerprint density at radius 2 is 1.50 bits per heavy atom. The van der Waals surface area contributed by atoms with E-state index in [2.05, 4.69) is 0 Å². The SMILES string of the molecule is COc1cc(/C=C/c2ccc(OC)c(OC)c2)c(O[C@H]2O[C@H](CO)[C@@H](O)[C@H](O)[C@H]2O)c(OC)c1. The lowest BCUT2D eigenvalue weighted by Gasteiger charge is -2.39. The molecule has 0 aliphatic carbocycles. The third kappa shape index (κ3) is 5.37. The average Bonchev–Trinajstić information content (AvgIpc) is 2.87. The van der Waals surface area contributed by atoms with Crippen LogP contribution in [-0.4, -0.2) is 86.2 Å². The molecule has 1 fully saturated rings. The number of aliphatic hydroxyl groups excluding tert-OH is 4.